The molecule has 0 radical (unpaired) electrons. The normalized spacial score (nSPS) is 23.7. The molecule has 0 aliphatic carbocycles. The van der Waals surface area contributed by atoms with Gasteiger partial charge < -0.3 is 10.2 Å². The van der Waals surface area contributed by atoms with Gasteiger partial charge in [-0.05, 0) is 26.3 Å². The van der Waals surface area contributed by atoms with E-state index in [1.165, 1.54) is 0 Å². The Morgan fingerprint density at radius 3 is 2.42 bits per heavy atom. The van der Waals surface area contributed by atoms with E-state index in [0.29, 0.717) is 12.6 Å². The van der Waals surface area contributed by atoms with Gasteiger partial charge in [-0.1, -0.05) is 6.92 Å². The molecule has 0 bridgehead atoms. The molecule has 2 unspecified atom stereocenters. The highest BCUT2D eigenvalue weighted by Gasteiger charge is 2.29. The minimum absolute atomic E-state index is 0.0206. The molecule has 1 fully saturated rings. The van der Waals surface area contributed by atoms with Crippen molar-refractivity contribution in [3.05, 3.63) is 29.6 Å². The SMILES string of the molecule is CCNC1CCN(c2c(F)cc(F)cc2F)C(C)C1. The number of halogens is 3. The Bertz CT molecular complexity index is 427. The fourth-order valence-corrected chi connectivity index (χ4v) is 2.79. The third kappa shape index (κ3) is 3.03. The Morgan fingerprint density at radius 1 is 1.26 bits per heavy atom. The van der Waals surface area contributed by atoms with Gasteiger partial charge in [-0.15, -0.1) is 0 Å². The van der Waals surface area contributed by atoms with Crippen LogP contribution in [0.25, 0.3) is 0 Å². The molecule has 106 valence electrons. The van der Waals surface area contributed by atoms with E-state index in [1.807, 2.05) is 13.8 Å². The zero-order valence-corrected chi connectivity index (χ0v) is 11.2. The highest BCUT2D eigenvalue weighted by molar-refractivity contribution is 5.50. The van der Waals surface area contributed by atoms with E-state index in [4.69, 9.17) is 0 Å². The summed E-state index contributed by atoms with van der Waals surface area (Å²) in [4.78, 5) is 1.69. The van der Waals surface area contributed by atoms with Crippen LogP contribution in [0.5, 0.6) is 0 Å². The monoisotopic (exact) mass is 272 g/mol. The number of nitrogens with zero attached hydrogens (tertiary/aromatic N) is 1. The number of benzene rings is 1. The van der Waals surface area contributed by atoms with Crippen molar-refractivity contribution in [2.45, 2.75) is 38.8 Å². The quantitative estimate of drug-likeness (QED) is 0.909. The first-order valence-electron chi connectivity index (χ1n) is 6.67. The summed E-state index contributed by atoms with van der Waals surface area (Å²) < 4.78 is 40.5. The molecule has 5 heteroatoms. The molecule has 19 heavy (non-hydrogen) atoms. The summed E-state index contributed by atoms with van der Waals surface area (Å²) in [5.41, 5.74) is -0.108. The molecule has 0 spiro atoms. The van der Waals surface area contributed by atoms with Crippen LogP contribution < -0.4 is 10.2 Å². The van der Waals surface area contributed by atoms with E-state index in [1.54, 1.807) is 4.90 Å². The minimum atomic E-state index is -0.881. The molecule has 2 nitrogen and oxygen atoms in total. The molecule has 2 rings (SSSR count). The van der Waals surface area contributed by atoms with E-state index in [-0.39, 0.29) is 11.7 Å². The molecule has 0 amide bonds. The van der Waals surface area contributed by atoms with Crippen molar-refractivity contribution in [2.24, 2.45) is 0 Å². The molecule has 2 atom stereocenters. The Labute approximate surface area is 111 Å². The molecule has 0 saturated carbocycles. The molecule has 1 aliphatic rings. The lowest BCUT2D eigenvalue weighted by Gasteiger charge is -2.39. The molecule has 1 heterocycles. The Balaban J connectivity index is 2.19. The minimum Gasteiger partial charge on any atom is -0.364 e. The van der Waals surface area contributed by atoms with Gasteiger partial charge in [-0.2, -0.15) is 0 Å². The highest BCUT2D eigenvalue weighted by atomic mass is 19.1. The fraction of sp³-hybridized carbons (Fsp3) is 0.571. The van der Waals surface area contributed by atoms with Crippen LogP contribution in [0.15, 0.2) is 12.1 Å². The van der Waals surface area contributed by atoms with E-state index in [9.17, 15) is 13.2 Å². The summed E-state index contributed by atoms with van der Waals surface area (Å²) in [5, 5.41) is 3.35. The summed E-state index contributed by atoms with van der Waals surface area (Å²) in [6.45, 7) is 5.43. The summed E-state index contributed by atoms with van der Waals surface area (Å²) in [6, 6.07) is 1.87. The van der Waals surface area contributed by atoms with Crippen molar-refractivity contribution in [3.8, 4) is 0 Å². The predicted molar refractivity (Wildman–Crippen MR) is 69.8 cm³/mol. The molecule has 1 aromatic carbocycles. The molecule has 1 aromatic rings. The largest absolute Gasteiger partial charge is 0.364 e. The lowest BCUT2D eigenvalue weighted by molar-refractivity contribution is 0.367. The average molecular weight is 272 g/mol. The number of hydrogen-bond acceptors (Lipinski definition) is 2. The molecule has 0 aromatic heterocycles. The Hall–Kier alpha value is -1.23. The Morgan fingerprint density at radius 2 is 1.89 bits per heavy atom. The van der Waals surface area contributed by atoms with Gasteiger partial charge in [-0.3, -0.25) is 0 Å². The topological polar surface area (TPSA) is 15.3 Å². The van der Waals surface area contributed by atoms with E-state index in [2.05, 4.69) is 5.32 Å². The van der Waals surface area contributed by atoms with Crippen LogP contribution in [-0.4, -0.2) is 25.2 Å². The van der Waals surface area contributed by atoms with Gasteiger partial charge in [0.05, 0.1) is 0 Å². The highest BCUT2D eigenvalue weighted by Crippen LogP contribution is 2.30. The summed E-state index contributed by atoms with van der Waals surface area (Å²) in [6.07, 6.45) is 1.65. The van der Waals surface area contributed by atoms with E-state index >= 15 is 0 Å². The van der Waals surface area contributed by atoms with Crippen molar-refractivity contribution in [3.63, 3.8) is 0 Å². The fourth-order valence-electron chi connectivity index (χ4n) is 2.79. The van der Waals surface area contributed by atoms with Gasteiger partial charge in [0.1, 0.15) is 11.5 Å². The number of anilines is 1. The lowest BCUT2D eigenvalue weighted by Crippen LogP contribution is -2.48. The average Bonchev–Trinajstić information content (AvgIpc) is 2.31. The van der Waals surface area contributed by atoms with Gasteiger partial charge in [0.25, 0.3) is 0 Å². The van der Waals surface area contributed by atoms with E-state index < -0.39 is 17.5 Å². The van der Waals surface area contributed by atoms with Crippen molar-refractivity contribution >= 4 is 5.69 Å². The van der Waals surface area contributed by atoms with Crippen molar-refractivity contribution in [1.29, 1.82) is 0 Å². The summed E-state index contributed by atoms with van der Waals surface area (Å²) in [7, 11) is 0. The maximum atomic E-state index is 13.8. The molecular weight excluding hydrogens is 253 g/mol. The van der Waals surface area contributed by atoms with E-state index in [0.717, 1.165) is 31.5 Å². The predicted octanol–water partition coefficient (Wildman–Crippen LogP) is 3.07. The number of piperidine rings is 1. The zero-order valence-electron chi connectivity index (χ0n) is 11.2. The maximum absolute atomic E-state index is 13.8. The van der Waals surface area contributed by atoms with Crippen LogP contribution in [0, 0.1) is 17.5 Å². The van der Waals surface area contributed by atoms with Crippen LogP contribution in [0.1, 0.15) is 26.7 Å². The van der Waals surface area contributed by atoms with Gasteiger partial charge in [0.2, 0.25) is 0 Å². The van der Waals surface area contributed by atoms with Gasteiger partial charge >= 0.3 is 0 Å². The first-order chi connectivity index (χ1) is 9.02. The number of nitrogens with one attached hydrogen (secondary N) is 1. The molecular formula is C14H19F3N2. The summed E-state index contributed by atoms with van der Waals surface area (Å²) in [5.74, 6) is -2.54. The van der Waals surface area contributed by atoms with Gasteiger partial charge in [-0.25, -0.2) is 13.2 Å². The maximum Gasteiger partial charge on any atom is 0.152 e. The second kappa shape index (κ2) is 5.82. The molecule has 1 N–H and O–H groups in total. The second-order valence-corrected chi connectivity index (χ2v) is 5.04. The second-order valence-electron chi connectivity index (χ2n) is 5.04. The zero-order chi connectivity index (χ0) is 14.0. The standard InChI is InChI=1S/C14H19F3N2/c1-3-18-11-4-5-19(9(2)6-11)14-12(16)7-10(15)8-13(14)17/h7-9,11,18H,3-6H2,1-2H3. The third-order valence-corrected chi connectivity index (χ3v) is 3.64. The van der Waals surface area contributed by atoms with Gasteiger partial charge in [0, 0.05) is 30.8 Å². The molecule has 1 aliphatic heterocycles. The van der Waals surface area contributed by atoms with Crippen LogP contribution in [0.2, 0.25) is 0 Å². The van der Waals surface area contributed by atoms with Crippen LogP contribution in [0.4, 0.5) is 18.9 Å². The number of hydrogen-bond donors (Lipinski definition) is 1. The number of rotatable bonds is 3. The summed E-state index contributed by atoms with van der Waals surface area (Å²) >= 11 is 0. The van der Waals surface area contributed by atoms with Crippen LogP contribution in [0.3, 0.4) is 0 Å². The van der Waals surface area contributed by atoms with Crippen molar-refractivity contribution in [2.75, 3.05) is 18.0 Å². The smallest absolute Gasteiger partial charge is 0.152 e. The van der Waals surface area contributed by atoms with Crippen molar-refractivity contribution in [1.82, 2.24) is 5.32 Å². The molecule has 1 saturated heterocycles. The first kappa shape index (κ1) is 14.2. The van der Waals surface area contributed by atoms with Crippen LogP contribution >= 0.6 is 0 Å². The lowest BCUT2D eigenvalue weighted by atomic mass is 9.97. The first-order valence-corrected chi connectivity index (χ1v) is 6.67. The van der Waals surface area contributed by atoms with Crippen molar-refractivity contribution < 1.29 is 13.2 Å². The Kier molecular flexibility index (Phi) is 4.34. The third-order valence-electron chi connectivity index (χ3n) is 3.64. The van der Waals surface area contributed by atoms with Crippen LogP contribution in [-0.2, 0) is 0 Å². The van der Waals surface area contributed by atoms with Gasteiger partial charge in [0.15, 0.2) is 11.6 Å².